The number of hydrogen-bond donors (Lipinski definition) is 2. The van der Waals surface area contributed by atoms with Gasteiger partial charge >= 0.3 is 11.9 Å². The third kappa shape index (κ3) is 10.9. The van der Waals surface area contributed by atoms with Gasteiger partial charge in [-0.25, -0.2) is 14.6 Å². The van der Waals surface area contributed by atoms with Gasteiger partial charge in [0.05, 0.1) is 6.33 Å². The van der Waals surface area contributed by atoms with Crippen LogP contribution in [0.3, 0.4) is 0 Å². The smallest absolute Gasteiger partial charge is 0.414 e. The normalized spacial score (nSPS) is 11.4. The molecule has 0 radical (unpaired) electrons. The maximum Gasteiger partial charge on any atom is 0.414 e. The van der Waals surface area contributed by atoms with Crippen molar-refractivity contribution in [2.45, 2.75) is 51.5 Å². The van der Waals surface area contributed by atoms with E-state index in [1.54, 1.807) is 0 Å². The van der Waals surface area contributed by atoms with E-state index >= 15 is 0 Å². The fraction of sp³-hybridized carbons (Fsp3) is 0.476. The van der Waals surface area contributed by atoms with Crippen LogP contribution < -0.4 is 0 Å². The lowest BCUT2D eigenvalue weighted by Crippen LogP contribution is -2.14. The highest BCUT2D eigenvalue weighted by Crippen LogP contribution is 2.27. The first kappa shape index (κ1) is 26.3. The van der Waals surface area contributed by atoms with Gasteiger partial charge in [-0.1, -0.05) is 61.9 Å². The lowest BCUT2D eigenvalue weighted by Gasteiger charge is -2.19. The molecule has 1 heterocycles. The summed E-state index contributed by atoms with van der Waals surface area (Å²) >= 11 is 14.4. The van der Waals surface area contributed by atoms with Gasteiger partial charge in [-0.2, -0.15) is 11.8 Å². The van der Waals surface area contributed by atoms with E-state index in [4.69, 9.17) is 43.0 Å². The Bertz CT molecular complexity index is 760. The van der Waals surface area contributed by atoms with Gasteiger partial charge in [0.2, 0.25) is 0 Å². The van der Waals surface area contributed by atoms with E-state index in [0.29, 0.717) is 11.1 Å². The highest BCUT2D eigenvalue weighted by atomic mass is 35.5. The first-order valence-electron chi connectivity index (χ1n) is 9.80. The second-order valence-corrected chi connectivity index (χ2v) is 8.70. The fourth-order valence-corrected chi connectivity index (χ4v) is 4.33. The number of imidazole rings is 1. The number of hydrogen-bond acceptors (Lipinski definition) is 4. The van der Waals surface area contributed by atoms with Crippen LogP contribution in [0.1, 0.15) is 50.6 Å². The van der Waals surface area contributed by atoms with Crippen molar-refractivity contribution in [3.63, 3.8) is 0 Å². The summed E-state index contributed by atoms with van der Waals surface area (Å²) in [6.45, 7) is 2.26. The zero-order chi connectivity index (χ0) is 22.4. The highest BCUT2D eigenvalue weighted by Gasteiger charge is 2.14. The molecule has 9 heteroatoms. The topological polar surface area (TPSA) is 92.4 Å². The SMILES string of the molecule is CCCCCCCSCC(Cc1ccc(Cl)cc1Cl)n1ccnc1.O=C(O)C(=O)O. The van der Waals surface area contributed by atoms with E-state index in [9.17, 15) is 0 Å². The van der Waals surface area contributed by atoms with Crippen molar-refractivity contribution in [1.29, 1.82) is 0 Å². The molecule has 2 rings (SSSR count). The van der Waals surface area contributed by atoms with Crippen molar-refractivity contribution in [3.05, 3.63) is 52.5 Å². The number of aromatic nitrogens is 2. The third-order valence-electron chi connectivity index (χ3n) is 4.30. The summed E-state index contributed by atoms with van der Waals surface area (Å²) in [7, 11) is 0. The zero-order valence-electron chi connectivity index (χ0n) is 17.0. The van der Waals surface area contributed by atoms with Crippen LogP contribution >= 0.6 is 35.0 Å². The molecule has 1 unspecified atom stereocenters. The molecule has 0 aliphatic heterocycles. The number of unbranched alkanes of at least 4 members (excludes halogenated alkanes) is 4. The van der Waals surface area contributed by atoms with Crippen LogP contribution in [0.2, 0.25) is 10.0 Å². The largest absolute Gasteiger partial charge is 0.473 e. The zero-order valence-corrected chi connectivity index (χ0v) is 19.3. The maximum absolute atomic E-state index is 9.10. The molecule has 1 aromatic carbocycles. The Morgan fingerprint density at radius 3 is 2.40 bits per heavy atom. The number of aliphatic carboxylic acids is 2. The number of benzene rings is 1. The Labute approximate surface area is 191 Å². The summed E-state index contributed by atoms with van der Waals surface area (Å²) < 4.78 is 2.19. The Hall–Kier alpha value is -1.70. The molecule has 0 fully saturated rings. The van der Waals surface area contributed by atoms with Gasteiger partial charge < -0.3 is 14.8 Å². The summed E-state index contributed by atoms with van der Waals surface area (Å²) in [5, 5.41) is 16.2. The average molecular weight is 475 g/mol. The van der Waals surface area contributed by atoms with Crippen LogP contribution in [0.15, 0.2) is 36.9 Å². The van der Waals surface area contributed by atoms with Crippen LogP contribution in [0.5, 0.6) is 0 Å². The van der Waals surface area contributed by atoms with Gasteiger partial charge in [-0.05, 0) is 36.3 Å². The maximum atomic E-state index is 9.10. The molecule has 166 valence electrons. The number of rotatable bonds is 11. The van der Waals surface area contributed by atoms with Crippen LogP contribution in [0.25, 0.3) is 0 Å². The first-order chi connectivity index (χ1) is 14.3. The van der Waals surface area contributed by atoms with Crippen molar-refractivity contribution < 1.29 is 19.8 Å². The number of carboxylic acid groups (broad SMARTS) is 2. The minimum absolute atomic E-state index is 0.367. The van der Waals surface area contributed by atoms with Gasteiger partial charge in [0, 0.05) is 34.2 Å². The van der Waals surface area contributed by atoms with Crippen molar-refractivity contribution in [1.82, 2.24) is 9.55 Å². The van der Waals surface area contributed by atoms with Gasteiger partial charge in [-0.3, -0.25) is 0 Å². The third-order valence-corrected chi connectivity index (χ3v) is 6.09. The monoisotopic (exact) mass is 474 g/mol. The number of carboxylic acids is 2. The second-order valence-electron chi connectivity index (χ2n) is 6.70. The average Bonchev–Trinajstić information content (AvgIpc) is 3.23. The molecule has 0 saturated heterocycles. The fourth-order valence-electron chi connectivity index (χ4n) is 2.70. The molecule has 1 aromatic heterocycles. The van der Waals surface area contributed by atoms with E-state index < -0.39 is 11.9 Å². The molecule has 2 aromatic rings. The van der Waals surface area contributed by atoms with E-state index in [2.05, 4.69) is 16.5 Å². The minimum Gasteiger partial charge on any atom is -0.473 e. The lowest BCUT2D eigenvalue weighted by molar-refractivity contribution is -0.159. The van der Waals surface area contributed by atoms with E-state index in [1.165, 1.54) is 37.9 Å². The molecular formula is C21H28Cl2N2O4S. The Balaban J connectivity index is 0.000000656. The van der Waals surface area contributed by atoms with E-state index in [1.807, 2.05) is 48.7 Å². The molecule has 1 atom stereocenters. The predicted octanol–water partition coefficient (Wildman–Crippen LogP) is 5.83. The van der Waals surface area contributed by atoms with Crippen molar-refractivity contribution >= 4 is 46.9 Å². The highest BCUT2D eigenvalue weighted by molar-refractivity contribution is 7.99. The van der Waals surface area contributed by atoms with Gasteiger partial charge in [0.15, 0.2) is 0 Å². The van der Waals surface area contributed by atoms with Crippen molar-refractivity contribution in [2.75, 3.05) is 11.5 Å². The number of nitrogens with zero attached hydrogens (tertiary/aromatic N) is 2. The molecule has 0 amide bonds. The summed E-state index contributed by atoms with van der Waals surface area (Å²) in [4.78, 5) is 22.4. The first-order valence-corrected chi connectivity index (χ1v) is 11.7. The predicted molar refractivity (Wildman–Crippen MR) is 123 cm³/mol. The van der Waals surface area contributed by atoms with Gasteiger partial charge in [-0.15, -0.1) is 0 Å². The quantitative estimate of drug-likeness (QED) is 0.314. The molecule has 0 aliphatic rings. The van der Waals surface area contributed by atoms with Crippen molar-refractivity contribution in [2.24, 2.45) is 0 Å². The molecule has 2 N–H and O–H groups in total. The number of halogens is 2. The molecule has 0 saturated carbocycles. The lowest BCUT2D eigenvalue weighted by atomic mass is 10.1. The molecule has 30 heavy (non-hydrogen) atoms. The number of thioether (sulfide) groups is 1. The molecule has 0 aliphatic carbocycles. The molecule has 0 spiro atoms. The van der Waals surface area contributed by atoms with Gasteiger partial charge in [0.25, 0.3) is 0 Å². The summed E-state index contributed by atoms with van der Waals surface area (Å²) in [5.74, 6) is -1.35. The van der Waals surface area contributed by atoms with Crippen LogP contribution in [0.4, 0.5) is 0 Å². The second kappa shape index (κ2) is 15.2. The molecular weight excluding hydrogens is 447 g/mol. The molecule has 0 bridgehead atoms. The minimum atomic E-state index is -1.82. The van der Waals surface area contributed by atoms with Crippen LogP contribution in [-0.2, 0) is 16.0 Å². The molecule has 6 nitrogen and oxygen atoms in total. The summed E-state index contributed by atoms with van der Waals surface area (Å²) in [5.41, 5.74) is 1.14. The van der Waals surface area contributed by atoms with Crippen LogP contribution in [0, 0.1) is 0 Å². The standard InChI is InChI=1S/C19H26Cl2N2S.C2H2O4/c1-2-3-4-5-6-11-24-14-18(23-10-9-22-15-23)12-16-7-8-17(20)13-19(16)21;3-1(4)2(5)6/h7-10,13,15,18H,2-6,11-12,14H2,1H3;(H,3,4)(H,5,6). The van der Waals surface area contributed by atoms with E-state index in [0.717, 1.165) is 22.8 Å². The Kier molecular flexibility index (Phi) is 13.3. The Morgan fingerprint density at radius 2 is 1.83 bits per heavy atom. The van der Waals surface area contributed by atoms with Gasteiger partial charge in [0.1, 0.15) is 0 Å². The summed E-state index contributed by atoms with van der Waals surface area (Å²) in [6.07, 6.45) is 13.4. The summed E-state index contributed by atoms with van der Waals surface area (Å²) in [6, 6.07) is 6.13. The van der Waals surface area contributed by atoms with Crippen LogP contribution in [-0.4, -0.2) is 43.2 Å². The Morgan fingerprint density at radius 1 is 1.13 bits per heavy atom. The number of carbonyl (C=O) groups is 2. The van der Waals surface area contributed by atoms with Crippen molar-refractivity contribution in [3.8, 4) is 0 Å². The van der Waals surface area contributed by atoms with E-state index in [-0.39, 0.29) is 0 Å².